The lowest BCUT2D eigenvalue weighted by Gasteiger charge is -2.43. The molecule has 1 rings (SSSR count). The van der Waals surface area contributed by atoms with Gasteiger partial charge < -0.3 is 4.43 Å². The van der Waals surface area contributed by atoms with Crippen LogP contribution >= 0.6 is 0 Å². The molecule has 0 spiro atoms. The van der Waals surface area contributed by atoms with Gasteiger partial charge in [0.1, 0.15) is 0 Å². The molecule has 0 N–H and O–H groups in total. The molecule has 100 valence electrons. The summed E-state index contributed by atoms with van der Waals surface area (Å²) >= 11 is 0. The highest BCUT2D eigenvalue weighted by Crippen LogP contribution is 2.43. The summed E-state index contributed by atoms with van der Waals surface area (Å²) in [5.41, 5.74) is 1.95. The van der Waals surface area contributed by atoms with Gasteiger partial charge in [-0.2, -0.15) is 4.74 Å². The van der Waals surface area contributed by atoms with Crippen LogP contribution in [0.4, 0.5) is 0 Å². The third-order valence-corrected chi connectivity index (χ3v) is 10.2. The Kier molecular flexibility index (Phi) is 5.54. The van der Waals surface area contributed by atoms with Crippen LogP contribution in [-0.2, 0) is 9.16 Å². The minimum Gasteiger partial charge on any atom is -0.375 e. The standard InChI is InChI=1S/C14H29O2Si/c1-11(2)17(12(3)4,13(5)6)16-14-8-7-9-15-10-14/h10-14H,7-9H2,1-6H3/q+1/t14-/m1/s1. The smallest absolute Gasteiger partial charge is 0.256 e. The van der Waals surface area contributed by atoms with Gasteiger partial charge in [-0.05, 0) is 23.0 Å². The molecule has 0 aliphatic carbocycles. The molecule has 1 aliphatic heterocycles. The summed E-state index contributed by atoms with van der Waals surface area (Å²) < 4.78 is 12.1. The first-order valence-electron chi connectivity index (χ1n) is 7.04. The normalized spacial score (nSPS) is 22.3. The van der Waals surface area contributed by atoms with Crippen LogP contribution in [0.2, 0.25) is 16.6 Å². The fourth-order valence-corrected chi connectivity index (χ4v) is 8.88. The van der Waals surface area contributed by atoms with Crippen molar-refractivity contribution >= 4 is 8.32 Å². The molecule has 0 aromatic rings. The van der Waals surface area contributed by atoms with E-state index in [4.69, 9.17) is 9.16 Å². The van der Waals surface area contributed by atoms with Gasteiger partial charge in [0.25, 0.3) is 6.61 Å². The van der Waals surface area contributed by atoms with E-state index in [1.807, 2.05) is 6.61 Å². The summed E-state index contributed by atoms with van der Waals surface area (Å²) in [6.07, 6.45) is 2.48. The van der Waals surface area contributed by atoms with Gasteiger partial charge in [-0.25, -0.2) is 0 Å². The van der Waals surface area contributed by atoms with E-state index in [-0.39, 0.29) is 6.10 Å². The molecule has 2 nitrogen and oxygen atoms in total. The minimum atomic E-state index is -1.73. The van der Waals surface area contributed by atoms with Crippen molar-refractivity contribution in [2.45, 2.75) is 77.1 Å². The monoisotopic (exact) mass is 257 g/mol. The molecule has 3 heteroatoms. The molecule has 1 heterocycles. The summed E-state index contributed by atoms with van der Waals surface area (Å²) in [5.74, 6) is 0. The van der Waals surface area contributed by atoms with Crippen molar-refractivity contribution in [1.82, 2.24) is 0 Å². The molecular weight excluding hydrogens is 228 g/mol. The highest BCUT2D eigenvalue weighted by atomic mass is 28.4. The number of hydrogen-bond donors (Lipinski definition) is 0. The molecule has 0 radical (unpaired) electrons. The molecule has 0 saturated carbocycles. The molecule has 1 fully saturated rings. The second kappa shape index (κ2) is 6.25. The van der Waals surface area contributed by atoms with Crippen LogP contribution in [0.25, 0.3) is 0 Å². The Morgan fingerprint density at radius 3 is 1.94 bits per heavy atom. The van der Waals surface area contributed by atoms with Crippen molar-refractivity contribution in [3.05, 3.63) is 6.61 Å². The van der Waals surface area contributed by atoms with Gasteiger partial charge in [0.05, 0.1) is 6.61 Å². The maximum absolute atomic E-state index is 6.62. The van der Waals surface area contributed by atoms with E-state index >= 15 is 0 Å². The first kappa shape index (κ1) is 15.1. The molecule has 0 aromatic heterocycles. The van der Waals surface area contributed by atoms with E-state index in [0.717, 1.165) is 19.4 Å². The van der Waals surface area contributed by atoms with Crippen LogP contribution < -0.4 is 0 Å². The molecule has 0 amide bonds. The third kappa shape index (κ3) is 3.27. The lowest BCUT2D eigenvalue weighted by Crippen LogP contribution is -2.50. The van der Waals surface area contributed by atoms with Crippen molar-refractivity contribution in [1.29, 1.82) is 0 Å². The van der Waals surface area contributed by atoms with E-state index in [2.05, 4.69) is 41.5 Å². The molecule has 17 heavy (non-hydrogen) atoms. The maximum atomic E-state index is 6.62. The summed E-state index contributed by atoms with van der Waals surface area (Å²) in [6.45, 7) is 16.8. The molecule has 1 atom stereocenters. The Labute approximate surface area is 108 Å². The van der Waals surface area contributed by atoms with Gasteiger partial charge in [0.15, 0.2) is 0 Å². The molecule has 0 aromatic carbocycles. The highest BCUT2D eigenvalue weighted by molar-refractivity contribution is 6.77. The van der Waals surface area contributed by atoms with E-state index in [1.54, 1.807) is 0 Å². The van der Waals surface area contributed by atoms with Crippen molar-refractivity contribution < 1.29 is 9.16 Å². The maximum Gasteiger partial charge on any atom is 0.256 e. The van der Waals surface area contributed by atoms with Crippen molar-refractivity contribution in [3.8, 4) is 0 Å². The Morgan fingerprint density at radius 2 is 1.59 bits per heavy atom. The first-order valence-corrected chi connectivity index (χ1v) is 9.18. The number of hydrogen-bond acceptors (Lipinski definition) is 2. The predicted octanol–water partition coefficient (Wildman–Crippen LogP) is 4.52. The molecular formula is C14H29O2Si+. The summed E-state index contributed by atoms with van der Waals surface area (Å²) in [4.78, 5) is 0. The zero-order chi connectivity index (χ0) is 13.1. The predicted molar refractivity (Wildman–Crippen MR) is 75.4 cm³/mol. The second-order valence-electron chi connectivity index (χ2n) is 6.12. The van der Waals surface area contributed by atoms with Gasteiger partial charge in [-0.1, -0.05) is 41.5 Å². The van der Waals surface area contributed by atoms with Gasteiger partial charge >= 0.3 is 0 Å². The first-order chi connectivity index (χ1) is 7.91. The second-order valence-corrected chi connectivity index (χ2v) is 11.5. The van der Waals surface area contributed by atoms with Crippen LogP contribution in [0.3, 0.4) is 0 Å². The fraction of sp³-hybridized carbons (Fsp3) is 0.929. The Bertz CT molecular complexity index is 198. The fourth-order valence-electron chi connectivity index (χ4n) is 3.37. The summed E-state index contributed by atoms with van der Waals surface area (Å²) in [6, 6.07) is 0. The van der Waals surface area contributed by atoms with Crippen molar-refractivity contribution in [2.24, 2.45) is 0 Å². The van der Waals surface area contributed by atoms with Crippen LogP contribution in [0.15, 0.2) is 0 Å². The summed E-state index contributed by atoms with van der Waals surface area (Å²) in [5, 5.41) is 0. The SMILES string of the molecule is CC(C)[Si](O[C@H]1[CH+]OCCC1)(C(C)C)C(C)C. The van der Waals surface area contributed by atoms with Gasteiger partial charge in [0.2, 0.25) is 14.4 Å². The average Bonchev–Trinajstić information content (AvgIpc) is 2.25. The molecule has 1 aliphatic rings. The van der Waals surface area contributed by atoms with Gasteiger partial charge in [-0.15, -0.1) is 0 Å². The number of ether oxygens (including phenoxy) is 1. The van der Waals surface area contributed by atoms with Crippen LogP contribution in [0.1, 0.15) is 54.4 Å². The van der Waals surface area contributed by atoms with Crippen molar-refractivity contribution in [3.63, 3.8) is 0 Å². The Hall–Kier alpha value is 0.00688. The topological polar surface area (TPSA) is 18.5 Å². The van der Waals surface area contributed by atoms with Gasteiger partial charge in [-0.3, -0.25) is 0 Å². The minimum absolute atomic E-state index is 0.225. The van der Waals surface area contributed by atoms with E-state index in [9.17, 15) is 0 Å². The molecule has 0 unspecified atom stereocenters. The largest absolute Gasteiger partial charge is 0.375 e. The quantitative estimate of drug-likeness (QED) is 0.532. The van der Waals surface area contributed by atoms with Crippen LogP contribution in [0, 0.1) is 6.61 Å². The third-order valence-electron chi connectivity index (χ3n) is 4.06. The van der Waals surface area contributed by atoms with Crippen molar-refractivity contribution in [2.75, 3.05) is 6.61 Å². The Balaban J connectivity index is 2.81. The van der Waals surface area contributed by atoms with E-state index < -0.39 is 8.32 Å². The average molecular weight is 257 g/mol. The van der Waals surface area contributed by atoms with Crippen LogP contribution in [0.5, 0.6) is 0 Å². The van der Waals surface area contributed by atoms with E-state index in [1.165, 1.54) is 0 Å². The zero-order valence-corrected chi connectivity index (χ0v) is 13.3. The number of rotatable bonds is 5. The summed E-state index contributed by atoms with van der Waals surface area (Å²) in [7, 11) is -1.73. The van der Waals surface area contributed by atoms with Crippen LogP contribution in [-0.4, -0.2) is 21.0 Å². The molecule has 1 saturated heterocycles. The van der Waals surface area contributed by atoms with Gasteiger partial charge in [0, 0.05) is 6.42 Å². The highest BCUT2D eigenvalue weighted by Gasteiger charge is 2.48. The molecule has 0 bridgehead atoms. The zero-order valence-electron chi connectivity index (χ0n) is 12.3. The lowest BCUT2D eigenvalue weighted by atomic mass is 10.2. The lowest BCUT2D eigenvalue weighted by molar-refractivity contribution is 0.0496. The van der Waals surface area contributed by atoms with E-state index in [0.29, 0.717) is 16.6 Å². The Morgan fingerprint density at radius 1 is 1.06 bits per heavy atom.